The van der Waals surface area contributed by atoms with Crippen LogP contribution < -0.4 is 5.32 Å². The van der Waals surface area contributed by atoms with Gasteiger partial charge >= 0.3 is 0 Å². The number of halogens is 1. The molecule has 0 bridgehead atoms. The second-order valence-electron chi connectivity index (χ2n) is 5.56. The molecule has 2 rings (SSSR count). The zero-order valence-corrected chi connectivity index (χ0v) is 11.9. The molecule has 1 aliphatic heterocycles. The van der Waals surface area contributed by atoms with Gasteiger partial charge in [0.05, 0.1) is 17.9 Å². The van der Waals surface area contributed by atoms with Gasteiger partial charge in [0.25, 0.3) is 0 Å². The molecule has 1 aromatic rings. The van der Waals surface area contributed by atoms with Crippen LogP contribution in [0.15, 0.2) is 18.3 Å². The smallest absolute Gasteiger partial charge is 0.141 e. The fourth-order valence-electron chi connectivity index (χ4n) is 2.63. The van der Waals surface area contributed by atoms with Crippen LogP contribution in [0.4, 0.5) is 4.39 Å². The van der Waals surface area contributed by atoms with Gasteiger partial charge in [-0.2, -0.15) is 0 Å². The normalized spacial score (nSPS) is 19.5. The highest BCUT2D eigenvalue weighted by Gasteiger charge is 2.17. The van der Waals surface area contributed by atoms with Crippen molar-refractivity contribution in [1.29, 1.82) is 0 Å². The van der Waals surface area contributed by atoms with Crippen LogP contribution in [0.5, 0.6) is 0 Å². The van der Waals surface area contributed by atoms with E-state index in [2.05, 4.69) is 22.1 Å². The Labute approximate surface area is 115 Å². The van der Waals surface area contributed by atoms with Gasteiger partial charge in [-0.05, 0) is 64.0 Å². The number of nitrogens with one attached hydrogen (secondary N) is 1. The van der Waals surface area contributed by atoms with Crippen LogP contribution in [0.2, 0.25) is 0 Å². The fourth-order valence-corrected chi connectivity index (χ4v) is 2.63. The van der Waals surface area contributed by atoms with Gasteiger partial charge in [-0.15, -0.1) is 0 Å². The summed E-state index contributed by atoms with van der Waals surface area (Å²) >= 11 is 0. The first-order valence-corrected chi connectivity index (χ1v) is 7.20. The number of rotatable bonds is 5. The Kier molecular flexibility index (Phi) is 5.28. The van der Waals surface area contributed by atoms with Crippen LogP contribution in [-0.4, -0.2) is 36.6 Å². The number of hydrogen-bond donors (Lipinski definition) is 1. The zero-order valence-electron chi connectivity index (χ0n) is 11.9. The topological polar surface area (TPSA) is 28.2 Å². The number of aromatic nitrogens is 1. The van der Waals surface area contributed by atoms with Crippen molar-refractivity contribution in [3.8, 4) is 0 Å². The van der Waals surface area contributed by atoms with E-state index in [1.807, 2.05) is 7.05 Å². The third-order valence-electron chi connectivity index (χ3n) is 4.07. The lowest BCUT2D eigenvalue weighted by Crippen LogP contribution is -2.35. The molecule has 3 nitrogen and oxygen atoms in total. The van der Waals surface area contributed by atoms with Gasteiger partial charge < -0.3 is 10.2 Å². The number of likely N-dealkylation sites (tertiary alicyclic amines) is 1. The summed E-state index contributed by atoms with van der Waals surface area (Å²) in [5.41, 5.74) is 0.925. The van der Waals surface area contributed by atoms with Crippen LogP contribution in [0.3, 0.4) is 0 Å². The maximum Gasteiger partial charge on any atom is 0.141 e. The van der Waals surface area contributed by atoms with Crippen molar-refractivity contribution in [3.05, 3.63) is 29.8 Å². The molecular formula is C15H24FN3. The summed E-state index contributed by atoms with van der Waals surface area (Å²) in [6.07, 6.45) is 4.92. The highest BCUT2D eigenvalue weighted by atomic mass is 19.1. The average Bonchev–Trinajstić information content (AvgIpc) is 2.43. The van der Waals surface area contributed by atoms with Crippen LogP contribution in [0, 0.1) is 11.7 Å². The highest BCUT2D eigenvalue weighted by Crippen LogP contribution is 2.19. The van der Waals surface area contributed by atoms with E-state index in [9.17, 15) is 4.39 Å². The number of piperidine rings is 1. The molecule has 1 fully saturated rings. The minimum atomic E-state index is -0.274. The third-order valence-corrected chi connectivity index (χ3v) is 4.07. The van der Waals surface area contributed by atoms with E-state index in [4.69, 9.17) is 0 Å². The maximum atomic E-state index is 12.9. The van der Waals surface area contributed by atoms with E-state index < -0.39 is 0 Å². The molecule has 1 N–H and O–H groups in total. The largest absolute Gasteiger partial charge is 0.312 e. The minimum Gasteiger partial charge on any atom is -0.312 e. The van der Waals surface area contributed by atoms with Gasteiger partial charge in [0.2, 0.25) is 0 Å². The SMILES string of the molecule is CNC(CCN1CCC(C)CC1)c1ccc(F)cn1. The van der Waals surface area contributed by atoms with Crippen LogP contribution >= 0.6 is 0 Å². The molecule has 19 heavy (non-hydrogen) atoms. The molecule has 1 unspecified atom stereocenters. The van der Waals surface area contributed by atoms with Crippen molar-refractivity contribution >= 4 is 0 Å². The lowest BCUT2D eigenvalue weighted by molar-refractivity contribution is 0.184. The molecule has 1 aliphatic rings. The Hall–Kier alpha value is -1.00. The number of hydrogen-bond acceptors (Lipinski definition) is 3. The molecule has 0 aliphatic carbocycles. The standard InChI is InChI=1S/C15H24FN3/c1-12-5-8-19(9-6-12)10-7-14(17-2)15-4-3-13(16)11-18-15/h3-4,11-12,14,17H,5-10H2,1-2H3. The van der Waals surface area contributed by atoms with E-state index in [1.54, 1.807) is 6.07 Å². The molecule has 4 heteroatoms. The second kappa shape index (κ2) is 6.96. The molecule has 1 atom stereocenters. The second-order valence-corrected chi connectivity index (χ2v) is 5.56. The Bertz CT molecular complexity index is 371. The minimum absolute atomic E-state index is 0.208. The van der Waals surface area contributed by atoms with Crippen molar-refractivity contribution in [2.45, 2.75) is 32.2 Å². The van der Waals surface area contributed by atoms with Crippen molar-refractivity contribution in [2.24, 2.45) is 5.92 Å². The summed E-state index contributed by atoms with van der Waals surface area (Å²) in [7, 11) is 1.94. The van der Waals surface area contributed by atoms with Crippen LogP contribution in [-0.2, 0) is 0 Å². The summed E-state index contributed by atoms with van der Waals surface area (Å²) in [5.74, 6) is 0.596. The molecular weight excluding hydrogens is 241 g/mol. The Balaban J connectivity index is 1.84. The summed E-state index contributed by atoms with van der Waals surface area (Å²) in [6, 6.07) is 3.46. The summed E-state index contributed by atoms with van der Waals surface area (Å²) in [5, 5.41) is 3.27. The Morgan fingerprint density at radius 3 is 2.74 bits per heavy atom. The number of nitrogens with zero attached hydrogens (tertiary/aromatic N) is 2. The maximum absolute atomic E-state index is 12.9. The van der Waals surface area contributed by atoms with Gasteiger partial charge in [0.1, 0.15) is 5.82 Å². The van der Waals surface area contributed by atoms with Crippen molar-refractivity contribution in [1.82, 2.24) is 15.2 Å². The first kappa shape index (κ1) is 14.4. The molecule has 0 aromatic carbocycles. The van der Waals surface area contributed by atoms with Gasteiger partial charge in [-0.1, -0.05) is 6.92 Å². The zero-order chi connectivity index (χ0) is 13.7. The molecule has 0 saturated carbocycles. The molecule has 0 radical (unpaired) electrons. The van der Waals surface area contributed by atoms with E-state index in [0.717, 1.165) is 24.6 Å². The Morgan fingerprint density at radius 2 is 2.16 bits per heavy atom. The quantitative estimate of drug-likeness (QED) is 0.887. The summed E-state index contributed by atoms with van der Waals surface area (Å²) in [6.45, 7) is 5.82. The first-order chi connectivity index (χ1) is 9.19. The van der Waals surface area contributed by atoms with E-state index in [-0.39, 0.29) is 11.9 Å². The van der Waals surface area contributed by atoms with E-state index in [1.165, 1.54) is 38.2 Å². The van der Waals surface area contributed by atoms with Crippen LogP contribution in [0.1, 0.15) is 37.9 Å². The predicted molar refractivity (Wildman–Crippen MR) is 75.5 cm³/mol. The van der Waals surface area contributed by atoms with Crippen molar-refractivity contribution < 1.29 is 4.39 Å². The molecule has 1 aromatic heterocycles. The highest BCUT2D eigenvalue weighted by molar-refractivity contribution is 5.09. The fraction of sp³-hybridized carbons (Fsp3) is 0.667. The third kappa shape index (κ3) is 4.25. The van der Waals surface area contributed by atoms with Gasteiger partial charge in [-0.25, -0.2) is 4.39 Å². The van der Waals surface area contributed by atoms with E-state index in [0.29, 0.717) is 0 Å². The Morgan fingerprint density at radius 1 is 1.42 bits per heavy atom. The molecule has 106 valence electrons. The van der Waals surface area contributed by atoms with Crippen molar-refractivity contribution in [3.63, 3.8) is 0 Å². The monoisotopic (exact) mass is 265 g/mol. The summed E-state index contributed by atoms with van der Waals surface area (Å²) < 4.78 is 12.9. The van der Waals surface area contributed by atoms with Gasteiger partial charge in [-0.3, -0.25) is 4.98 Å². The molecule has 0 spiro atoms. The first-order valence-electron chi connectivity index (χ1n) is 7.20. The van der Waals surface area contributed by atoms with Gasteiger partial charge in [0.15, 0.2) is 0 Å². The molecule has 2 heterocycles. The lowest BCUT2D eigenvalue weighted by Gasteiger charge is -2.31. The predicted octanol–water partition coefficient (Wildman–Crippen LogP) is 2.60. The van der Waals surface area contributed by atoms with Crippen LogP contribution in [0.25, 0.3) is 0 Å². The molecule has 0 amide bonds. The molecule has 1 saturated heterocycles. The van der Waals surface area contributed by atoms with Crippen molar-refractivity contribution in [2.75, 3.05) is 26.7 Å². The lowest BCUT2D eigenvalue weighted by atomic mass is 9.98. The number of pyridine rings is 1. The van der Waals surface area contributed by atoms with E-state index >= 15 is 0 Å². The average molecular weight is 265 g/mol. The van der Waals surface area contributed by atoms with Gasteiger partial charge in [0, 0.05) is 0 Å². The summed E-state index contributed by atoms with van der Waals surface area (Å²) in [4.78, 5) is 6.69.